The molecule has 2 aromatic rings. The van der Waals surface area contributed by atoms with Gasteiger partial charge in [0.25, 0.3) is 5.91 Å². The van der Waals surface area contributed by atoms with Gasteiger partial charge in [-0.2, -0.15) is 18.3 Å². The summed E-state index contributed by atoms with van der Waals surface area (Å²) < 4.78 is 42.2. The number of aryl methyl sites for hydroxylation is 2. The molecular formula is C17H22F3N5O3. The van der Waals surface area contributed by atoms with Crippen molar-refractivity contribution >= 4 is 17.5 Å². The molecule has 0 aliphatic rings. The van der Waals surface area contributed by atoms with Crippen LogP contribution in [0.4, 0.5) is 13.2 Å². The highest BCUT2D eigenvalue weighted by Crippen LogP contribution is 2.18. The number of hydrogen-bond donors (Lipinski definition) is 2. The van der Waals surface area contributed by atoms with E-state index >= 15 is 0 Å². The van der Waals surface area contributed by atoms with Crippen LogP contribution < -0.4 is 11.1 Å². The topological polar surface area (TPSA) is 112 Å². The number of hydrogen-bond acceptors (Lipinski definition) is 5. The Labute approximate surface area is 159 Å². The van der Waals surface area contributed by atoms with Crippen molar-refractivity contribution in [2.45, 2.75) is 45.8 Å². The molecule has 154 valence electrons. The first-order valence-electron chi connectivity index (χ1n) is 8.57. The number of carbonyl (C=O) groups excluding carboxylic acids is 2. The molecule has 0 radical (unpaired) electrons. The van der Waals surface area contributed by atoms with Gasteiger partial charge >= 0.3 is 6.18 Å². The number of primary amides is 1. The summed E-state index contributed by atoms with van der Waals surface area (Å²) in [5.41, 5.74) is 8.03. The Bertz CT molecular complexity index is 879. The fourth-order valence-electron chi connectivity index (χ4n) is 2.83. The molecule has 11 heteroatoms. The maximum atomic E-state index is 12.1. The summed E-state index contributed by atoms with van der Waals surface area (Å²) in [7, 11) is 0. The lowest BCUT2D eigenvalue weighted by Gasteiger charge is -2.16. The van der Waals surface area contributed by atoms with E-state index in [1.807, 2.05) is 0 Å². The van der Waals surface area contributed by atoms with Gasteiger partial charge in [-0.05, 0) is 32.8 Å². The summed E-state index contributed by atoms with van der Waals surface area (Å²) >= 11 is 0. The lowest BCUT2D eigenvalue weighted by atomic mass is 10.1. The molecule has 0 saturated carbocycles. The van der Waals surface area contributed by atoms with Crippen LogP contribution in [0, 0.1) is 13.8 Å². The van der Waals surface area contributed by atoms with E-state index in [1.165, 1.54) is 10.7 Å². The maximum Gasteiger partial charge on any atom is 0.411 e. The van der Waals surface area contributed by atoms with Crippen molar-refractivity contribution in [3.63, 3.8) is 0 Å². The van der Waals surface area contributed by atoms with Crippen molar-refractivity contribution in [3.8, 4) is 0 Å². The van der Waals surface area contributed by atoms with Crippen molar-refractivity contribution in [1.82, 2.24) is 19.9 Å². The monoisotopic (exact) mass is 401 g/mol. The molecule has 2 aromatic heterocycles. The first-order valence-corrected chi connectivity index (χ1v) is 8.57. The van der Waals surface area contributed by atoms with Crippen molar-refractivity contribution in [1.29, 1.82) is 0 Å². The summed E-state index contributed by atoms with van der Waals surface area (Å²) in [5.74, 6) is -0.949. The Hall–Kier alpha value is -2.69. The number of nitrogens with zero attached hydrogens (tertiary/aromatic N) is 3. The second-order valence-electron chi connectivity index (χ2n) is 6.52. The minimum Gasteiger partial charge on any atom is -0.370 e. The maximum absolute atomic E-state index is 12.1. The van der Waals surface area contributed by atoms with Crippen molar-refractivity contribution < 1.29 is 27.5 Å². The fourth-order valence-corrected chi connectivity index (χ4v) is 2.83. The normalized spacial score (nSPS) is 12.9. The van der Waals surface area contributed by atoms with Crippen LogP contribution in [0.15, 0.2) is 6.20 Å². The van der Waals surface area contributed by atoms with Gasteiger partial charge in [-0.1, -0.05) is 0 Å². The number of halogens is 3. The number of nitrogens with two attached hydrogens (primary N) is 1. The summed E-state index contributed by atoms with van der Waals surface area (Å²) in [6.45, 7) is 3.52. The minimum absolute atomic E-state index is 0.114. The van der Waals surface area contributed by atoms with Crippen LogP contribution in [0.1, 0.15) is 40.7 Å². The molecule has 0 saturated heterocycles. The molecular weight excluding hydrogens is 379 g/mol. The number of ether oxygens (including phenoxy) is 1. The second kappa shape index (κ2) is 8.55. The SMILES string of the molecule is Cc1nc2c(C(N)=O)cnn2c(C)c1CCC(=O)NC(C)COCC(F)(F)F. The zero-order valence-corrected chi connectivity index (χ0v) is 15.8. The van der Waals surface area contributed by atoms with E-state index in [0.717, 1.165) is 11.3 Å². The summed E-state index contributed by atoms with van der Waals surface area (Å²) in [6, 6.07) is -0.554. The molecule has 1 atom stereocenters. The Morgan fingerprint density at radius 1 is 1.36 bits per heavy atom. The Balaban J connectivity index is 1.97. The second-order valence-corrected chi connectivity index (χ2v) is 6.52. The number of fused-ring (bicyclic) bond motifs is 1. The Kier molecular flexibility index (Phi) is 6.60. The van der Waals surface area contributed by atoms with Crippen LogP contribution in [-0.4, -0.2) is 51.8 Å². The number of rotatable bonds is 8. The lowest BCUT2D eigenvalue weighted by Crippen LogP contribution is -2.37. The van der Waals surface area contributed by atoms with Crippen molar-refractivity contribution in [2.75, 3.05) is 13.2 Å². The number of aromatic nitrogens is 3. The highest BCUT2D eigenvalue weighted by Gasteiger charge is 2.27. The molecule has 0 aliphatic heterocycles. The standard InChI is InChI=1S/C17H22F3N5O3/c1-9(7-28-8-17(18,19)20)23-14(26)5-4-12-10(2)24-16-13(15(21)27)6-22-25(16)11(12)3/h6,9H,4-5,7-8H2,1-3H3,(H2,21,27)(H,23,26). The third kappa shape index (κ3) is 5.41. The highest BCUT2D eigenvalue weighted by atomic mass is 19.4. The minimum atomic E-state index is -4.40. The largest absolute Gasteiger partial charge is 0.411 e. The molecule has 1 unspecified atom stereocenters. The van der Waals surface area contributed by atoms with Gasteiger partial charge in [0.05, 0.1) is 12.8 Å². The van der Waals surface area contributed by atoms with Crippen LogP contribution in [0.3, 0.4) is 0 Å². The predicted molar refractivity (Wildman–Crippen MR) is 93.8 cm³/mol. The average Bonchev–Trinajstić information content (AvgIpc) is 2.97. The highest BCUT2D eigenvalue weighted by molar-refractivity contribution is 5.98. The van der Waals surface area contributed by atoms with E-state index in [4.69, 9.17) is 5.73 Å². The molecule has 0 aliphatic carbocycles. The predicted octanol–water partition coefficient (Wildman–Crippen LogP) is 1.46. The Morgan fingerprint density at radius 2 is 2.04 bits per heavy atom. The van der Waals surface area contributed by atoms with Crippen LogP contribution in [0.5, 0.6) is 0 Å². The molecule has 8 nitrogen and oxygen atoms in total. The Morgan fingerprint density at radius 3 is 2.64 bits per heavy atom. The number of nitrogens with one attached hydrogen (secondary N) is 1. The average molecular weight is 401 g/mol. The third-order valence-corrected chi connectivity index (χ3v) is 4.12. The van der Waals surface area contributed by atoms with Gasteiger partial charge in [0.15, 0.2) is 5.65 Å². The van der Waals surface area contributed by atoms with Crippen molar-refractivity contribution in [3.05, 3.63) is 28.7 Å². The van der Waals surface area contributed by atoms with Gasteiger partial charge in [0.1, 0.15) is 12.2 Å². The molecule has 28 heavy (non-hydrogen) atoms. The lowest BCUT2D eigenvalue weighted by molar-refractivity contribution is -0.175. The van der Waals surface area contributed by atoms with Gasteiger partial charge in [-0.25, -0.2) is 9.50 Å². The summed E-state index contributed by atoms with van der Waals surface area (Å²) in [5, 5.41) is 6.71. The molecule has 3 N–H and O–H groups in total. The van der Waals surface area contributed by atoms with E-state index in [0.29, 0.717) is 17.8 Å². The number of carbonyl (C=O) groups is 2. The van der Waals surface area contributed by atoms with Gasteiger partial charge in [0, 0.05) is 23.9 Å². The molecule has 0 aromatic carbocycles. The van der Waals surface area contributed by atoms with Crippen LogP contribution in [-0.2, 0) is 16.0 Å². The van der Waals surface area contributed by atoms with Gasteiger partial charge in [0.2, 0.25) is 5.91 Å². The first kappa shape index (κ1) is 21.6. The zero-order valence-electron chi connectivity index (χ0n) is 15.8. The van der Waals surface area contributed by atoms with Crippen LogP contribution >= 0.6 is 0 Å². The first-order chi connectivity index (χ1) is 13.0. The van der Waals surface area contributed by atoms with E-state index in [1.54, 1.807) is 20.8 Å². The number of amides is 2. The van der Waals surface area contributed by atoms with Crippen LogP contribution in [0.25, 0.3) is 5.65 Å². The molecule has 2 rings (SSSR count). The summed E-state index contributed by atoms with van der Waals surface area (Å²) in [6.07, 6.45) is -2.59. The van der Waals surface area contributed by atoms with E-state index in [9.17, 15) is 22.8 Å². The molecule has 2 amide bonds. The molecule has 0 spiro atoms. The smallest absolute Gasteiger partial charge is 0.370 e. The molecule has 0 bridgehead atoms. The molecule has 0 fully saturated rings. The number of alkyl halides is 3. The van der Waals surface area contributed by atoms with E-state index in [2.05, 4.69) is 20.1 Å². The quantitative estimate of drug-likeness (QED) is 0.696. The fraction of sp³-hybridized carbons (Fsp3) is 0.529. The molecule has 2 heterocycles. The van der Waals surface area contributed by atoms with Crippen molar-refractivity contribution in [2.24, 2.45) is 5.73 Å². The van der Waals surface area contributed by atoms with Gasteiger partial charge in [-0.15, -0.1) is 0 Å². The zero-order chi connectivity index (χ0) is 21.1. The van der Waals surface area contributed by atoms with E-state index < -0.39 is 24.7 Å². The third-order valence-electron chi connectivity index (χ3n) is 4.12. The van der Waals surface area contributed by atoms with E-state index in [-0.39, 0.29) is 24.5 Å². The van der Waals surface area contributed by atoms with Gasteiger partial charge in [-0.3, -0.25) is 9.59 Å². The summed E-state index contributed by atoms with van der Waals surface area (Å²) in [4.78, 5) is 27.9. The van der Waals surface area contributed by atoms with Crippen LogP contribution in [0.2, 0.25) is 0 Å². The van der Waals surface area contributed by atoms with Gasteiger partial charge < -0.3 is 15.8 Å².